The summed E-state index contributed by atoms with van der Waals surface area (Å²) in [5.41, 5.74) is 0. The number of carbonyl (C=O) groups is 3. The molecule has 2 N–H and O–H groups in total. The second kappa shape index (κ2) is 52.5. The van der Waals surface area contributed by atoms with E-state index in [1.54, 1.807) is 0 Å². The fourth-order valence-corrected chi connectivity index (χ4v) is 8.30. The monoisotopic (exact) mass is 1010 g/mol. The zero-order chi connectivity index (χ0) is 51.3. The van der Waals surface area contributed by atoms with Crippen LogP contribution >= 0.6 is 7.82 Å². The molecule has 0 heterocycles. The quantitative estimate of drug-likeness (QED) is 0.0197. The maximum Gasteiger partial charge on any atom is 0.472 e. The summed E-state index contributed by atoms with van der Waals surface area (Å²) in [7, 11) is -4.75. The highest BCUT2D eigenvalue weighted by atomic mass is 31.2. The lowest BCUT2D eigenvalue weighted by Crippen LogP contribution is -2.30. The summed E-state index contributed by atoms with van der Waals surface area (Å²) < 4.78 is 39.4. The molecule has 0 fully saturated rings. The number of carbonyl (C=O) groups excluding carboxylic acids is 3. The standard InChI is InChI=1S/C58H103O11P/c1-4-7-10-13-16-19-22-24-26-27-29-30-33-35-38-41-44-47-56(60)65-51-55(69-58(62)49-46-43-40-37-34-31-28-25-23-20-17-14-11-8-5-2)53-67-70(63,64)66-52-54(50-59)68-57(61)48-45-42-39-36-32-21-18-15-12-9-6-3/h15-20,24-26,28,54-55,59H,4-14,21-23,27,29-53H2,1-3H3,(H,63,64)/b18-15-,19-16-,20-17-,26-24-,28-25-. The van der Waals surface area contributed by atoms with Crippen molar-refractivity contribution in [3.8, 4) is 0 Å². The number of aliphatic hydroxyl groups excluding tert-OH is 1. The van der Waals surface area contributed by atoms with Gasteiger partial charge in [0, 0.05) is 19.3 Å². The van der Waals surface area contributed by atoms with Gasteiger partial charge in [-0.2, -0.15) is 0 Å². The first-order valence-electron chi connectivity index (χ1n) is 28.2. The molecule has 3 atom stereocenters. The Hall–Kier alpha value is -2.82. The third-order valence-corrected chi connectivity index (χ3v) is 12.8. The van der Waals surface area contributed by atoms with Crippen molar-refractivity contribution in [2.45, 2.75) is 264 Å². The minimum absolute atomic E-state index is 0.149. The third-order valence-electron chi connectivity index (χ3n) is 11.9. The van der Waals surface area contributed by atoms with E-state index in [0.29, 0.717) is 19.3 Å². The first-order chi connectivity index (χ1) is 34.2. The molecule has 3 unspecified atom stereocenters. The van der Waals surface area contributed by atoms with Crippen LogP contribution in [-0.2, 0) is 42.2 Å². The summed E-state index contributed by atoms with van der Waals surface area (Å²) in [6.07, 6.45) is 56.1. The Labute approximate surface area is 427 Å². The Morgan fingerprint density at radius 1 is 0.400 bits per heavy atom. The maximum atomic E-state index is 12.9. The Morgan fingerprint density at radius 3 is 1.11 bits per heavy atom. The summed E-state index contributed by atoms with van der Waals surface area (Å²) in [5, 5.41) is 9.78. The van der Waals surface area contributed by atoms with E-state index in [0.717, 1.165) is 116 Å². The Bertz CT molecular complexity index is 1410. The third kappa shape index (κ3) is 50.1. The van der Waals surface area contributed by atoms with Crippen LogP contribution in [0.4, 0.5) is 0 Å². The highest BCUT2D eigenvalue weighted by Crippen LogP contribution is 2.43. The van der Waals surface area contributed by atoms with E-state index in [9.17, 15) is 28.9 Å². The van der Waals surface area contributed by atoms with Gasteiger partial charge in [-0.3, -0.25) is 23.4 Å². The minimum atomic E-state index is -4.75. The van der Waals surface area contributed by atoms with Crippen LogP contribution < -0.4 is 0 Å². The van der Waals surface area contributed by atoms with E-state index >= 15 is 0 Å². The van der Waals surface area contributed by atoms with Gasteiger partial charge in [0.05, 0.1) is 19.8 Å². The topological polar surface area (TPSA) is 155 Å². The normalized spacial score (nSPS) is 13.8. The van der Waals surface area contributed by atoms with E-state index in [1.807, 2.05) is 0 Å². The van der Waals surface area contributed by atoms with E-state index in [1.165, 1.54) is 77.0 Å². The van der Waals surface area contributed by atoms with E-state index in [4.69, 9.17) is 23.3 Å². The molecule has 12 heteroatoms. The van der Waals surface area contributed by atoms with E-state index in [-0.39, 0.29) is 25.9 Å². The van der Waals surface area contributed by atoms with Crippen molar-refractivity contribution >= 4 is 25.7 Å². The summed E-state index contributed by atoms with van der Waals surface area (Å²) in [4.78, 5) is 48.4. The van der Waals surface area contributed by atoms with E-state index in [2.05, 4.69) is 81.5 Å². The highest BCUT2D eigenvalue weighted by molar-refractivity contribution is 7.47. The van der Waals surface area contributed by atoms with Gasteiger partial charge in [-0.25, -0.2) is 4.57 Å². The molecule has 406 valence electrons. The number of hydrogen-bond acceptors (Lipinski definition) is 10. The van der Waals surface area contributed by atoms with Gasteiger partial charge in [0.15, 0.2) is 6.10 Å². The molecule has 0 aromatic rings. The van der Waals surface area contributed by atoms with Crippen LogP contribution in [0.15, 0.2) is 60.8 Å². The summed E-state index contributed by atoms with van der Waals surface area (Å²) in [5.74, 6) is -1.49. The highest BCUT2D eigenvalue weighted by Gasteiger charge is 2.28. The van der Waals surface area contributed by atoms with Crippen molar-refractivity contribution in [2.24, 2.45) is 0 Å². The number of ether oxygens (including phenoxy) is 3. The number of aliphatic hydroxyl groups is 1. The van der Waals surface area contributed by atoms with Crippen molar-refractivity contribution in [3.05, 3.63) is 60.8 Å². The van der Waals surface area contributed by atoms with Crippen molar-refractivity contribution in [1.82, 2.24) is 0 Å². The van der Waals surface area contributed by atoms with Crippen LogP contribution in [-0.4, -0.2) is 66.5 Å². The molecule has 0 aromatic carbocycles. The van der Waals surface area contributed by atoms with Crippen molar-refractivity contribution in [1.29, 1.82) is 0 Å². The molecule has 0 rings (SSSR count). The first-order valence-corrected chi connectivity index (χ1v) is 29.7. The van der Waals surface area contributed by atoms with Crippen molar-refractivity contribution in [2.75, 3.05) is 26.4 Å². The lowest BCUT2D eigenvalue weighted by Gasteiger charge is -2.21. The van der Waals surface area contributed by atoms with Gasteiger partial charge in [0.2, 0.25) is 0 Å². The second-order valence-corrected chi connectivity index (χ2v) is 20.2. The summed E-state index contributed by atoms with van der Waals surface area (Å²) in [6.45, 7) is 4.52. The van der Waals surface area contributed by atoms with Gasteiger partial charge in [-0.15, -0.1) is 0 Å². The fourth-order valence-electron chi connectivity index (χ4n) is 7.51. The molecular weight excluding hydrogens is 904 g/mol. The van der Waals surface area contributed by atoms with Crippen LogP contribution in [0.1, 0.15) is 252 Å². The minimum Gasteiger partial charge on any atom is -0.462 e. The molecule has 0 saturated carbocycles. The van der Waals surface area contributed by atoms with E-state index < -0.39 is 57.8 Å². The number of unbranched alkanes of at least 4 members (excludes halogenated alkanes) is 25. The number of esters is 3. The molecule has 0 amide bonds. The lowest BCUT2D eigenvalue weighted by atomic mass is 10.1. The van der Waals surface area contributed by atoms with Gasteiger partial charge in [0.1, 0.15) is 12.7 Å². The first kappa shape index (κ1) is 67.2. The second-order valence-electron chi connectivity index (χ2n) is 18.7. The molecule has 0 bridgehead atoms. The largest absolute Gasteiger partial charge is 0.472 e. The molecule has 0 aromatic heterocycles. The molecule has 0 aliphatic heterocycles. The summed E-state index contributed by atoms with van der Waals surface area (Å²) in [6, 6.07) is 0. The van der Waals surface area contributed by atoms with Gasteiger partial charge < -0.3 is 24.2 Å². The lowest BCUT2D eigenvalue weighted by molar-refractivity contribution is -0.161. The van der Waals surface area contributed by atoms with Gasteiger partial charge in [0.25, 0.3) is 0 Å². The fraction of sp³-hybridized carbons (Fsp3) is 0.776. The number of phosphoric ester groups is 1. The van der Waals surface area contributed by atoms with Gasteiger partial charge in [-0.1, -0.05) is 191 Å². The number of rotatable bonds is 52. The smallest absolute Gasteiger partial charge is 0.462 e. The zero-order valence-electron chi connectivity index (χ0n) is 44.7. The number of hydrogen-bond donors (Lipinski definition) is 2. The average Bonchev–Trinajstić information content (AvgIpc) is 3.35. The molecule has 0 radical (unpaired) electrons. The predicted octanol–water partition coefficient (Wildman–Crippen LogP) is 16.4. The van der Waals surface area contributed by atoms with Crippen molar-refractivity contribution < 1.29 is 52.2 Å². The van der Waals surface area contributed by atoms with Crippen LogP contribution in [0.5, 0.6) is 0 Å². The van der Waals surface area contributed by atoms with Crippen LogP contribution in [0.25, 0.3) is 0 Å². The SMILES string of the molecule is CCCC/C=C\CCCCCCCC(=O)OC(CO)COP(=O)(O)OCC(COC(=O)CCCCCCCCC/C=C\C/C=C\CCCCC)OC(=O)CCCCCCC/C=C\C/C=C\CCCCC. The number of phosphoric acid groups is 1. The molecule has 70 heavy (non-hydrogen) atoms. The van der Waals surface area contributed by atoms with Gasteiger partial charge >= 0.3 is 25.7 Å². The Kier molecular flexibility index (Phi) is 50.4. The molecule has 0 aliphatic carbocycles. The molecule has 11 nitrogen and oxygen atoms in total. The predicted molar refractivity (Wildman–Crippen MR) is 288 cm³/mol. The van der Waals surface area contributed by atoms with Crippen LogP contribution in [0.2, 0.25) is 0 Å². The van der Waals surface area contributed by atoms with Gasteiger partial charge in [-0.05, 0) is 103 Å². The maximum absolute atomic E-state index is 12.9. The van der Waals surface area contributed by atoms with Crippen LogP contribution in [0.3, 0.4) is 0 Å². The van der Waals surface area contributed by atoms with Crippen molar-refractivity contribution in [3.63, 3.8) is 0 Å². The average molecular weight is 1010 g/mol. The molecular formula is C58H103O11P. The summed E-state index contributed by atoms with van der Waals surface area (Å²) >= 11 is 0. The molecule has 0 saturated heterocycles. The molecule has 0 spiro atoms. The van der Waals surface area contributed by atoms with Crippen LogP contribution in [0, 0.1) is 0 Å². The zero-order valence-corrected chi connectivity index (χ0v) is 45.6. The molecule has 0 aliphatic rings. The Morgan fingerprint density at radius 2 is 0.714 bits per heavy atom. The number of allylic oxidation sites excluding steroid dienone is 10. The Balaban J connectivity index is 4.76.